The number of carbonyl (C=O) groups is 2. The molecule has 0 bridgehead atoms. The van der Waals surface area contributed by atoms with Gasteiger partial charge in [0, 0.05) is 17.7 Å². The first-order chi connectivity index (χ1) is 8.56. The largest absolute Gasteiger partial charge is 0.305 e. The maximum absolute atomic E-state index is 11.7. The van der Waals surface area contributed by atoms with Crippen molar-refractivity contribution in [1.82, 2.24) is 5.32 Å². The maximum atomic E-state index is 11.7. The summed E-state index contributed by atoms with van der Waals surface area (Å²) >= 11 is 0. The molecule has 0 atom stereocenters. The number of nitrogens with one attached hydrogen (secondary N) is 1. The zero-order valence-corrected chi connectivity index (χ0v) is 8.86. The summed E-state index contributed by atoms with van der Waals surface area (Å²) < 4.78 is 0. The van der Waals surface area contributed by atoms with Crippen molar-refractivity contribution in [2.75, 3.05) is 0 Å². The van der Waals surface area contributed by atoms with Gasteiger partial charge in [0.05, 0.1) is 11.0 Å². The Balaban J connectivity index is 2.17. The average molecular weight is 246 g/mol. The van der Waals surface area contributed by atoms with Crippen LogP contribution in [0.2, 0.25) is 0 Å². The lowest BCUT2D eigenvalue weighted by Gasteiger charge is -2.01. The lowest BCUT2D eigenvalue weighted by Crippen LogP contribution is -2.21. The Bertz CT molecular complexity index is 606. The van der Waals surface area contributed by atoms with Crippen LogP contribution in [-0.4, -0.2) is 16.7 Å². The van der Waals surface area contributed by atoms with E-state index in [2.05, 4.69) is 15.5 Å². The first-order valence-corrected chi connectivity index (χ1v) is 4.79. The van der Waals surface area contributed by atoms with Crippen molar-refractivity contribution in [3.8, 4) is 0 Å². The molecule has 0 radical (unpaired) electrons. The topological polar surface area (TPSA) is 114 Å². The Labute approximate surface area is 100 Å². The highest BCUT2D eigenvalue weighted by Gasteiger charge is 2.15. The number of azo groups is 1. The summed E-state index contributed by atoms with van der Waals surface area (Å²) in [4.78, 5) is 32.4. The summed E-state index contributed by atoms with van der Waals surface area (Å²) in [5, 5.41) is 19.4. The molecule has 18 heavy (non-hydrogen) atoms. The van der Waals surface area contributed by atoms with E-state index in [4.69, 9.17) is 0 Å². The van der Waals surface area contributed by atoms with Crippen LogP contribution in [0.25, 0.3) is 0 Å². The molecular weight excluding hydrogens is 240 g/mol. The van der Waals surface area contributed by atoms with Gasteiger partial charge in [0.15, 0.2) is 5.82 Å². The predicted molar refractivity (Wildman–Crippen MR) is 58.5 cm³/mol. The average Bonchev–Trinajstić information content (AvgIpc) is 2.75. The lowest BCUT2D eigenvalue weighted by atomic mass is 10.2. The fourth-order valence-electron chi connectivity index (χ4n) is 1.29. The van der Waals surface area contributed by atoms with Crippen molar-refractivity contribution >= 4 is 17.5 Å². The van der Waals surface area contributed by atoms with E-state index in [1.54, 1.807) is 0 Å². The summed E-state index contributed by atoms with van der Waals surface area (Å²) in [6.45, 7) is 0. The molecule has 1 aliphatic heterocycles. The molecule has 0 fully saturated rings. The number of nitro groups is 1. The predicted octanol–water partition coefficient (Wildman–Crippen LogP) is 1.16. The minimum atomic E-state index is -0.602. The van der Waals surface area contributed by atoms with Gasteiger partial charge >= 0.3 is 0 Å². The third-order valence-electron chi connectivity index (χ3n) is 2.08. The number of nitro benzene ring substituents is 1. The van der Waals surface area contributed by atoms with Gasteiger partial charge in [0.25, 0.3) is 17.5 Å². The SMILES string of the molecule is O=C1C=C(NC(=O)c2cccc([N+](=O)[O-])c2)N=N1. The van der Waals surface area contributed by atoms with Crippen LogP contribution < -0.4 is 5.32 Å². The Morgan fingerprint density at radius 3 is 2.72 bits per heavy atom. The number of carbonyl (C=O) groups excluding carboxylic acids is 2. The Morgan fingerprint density at radius 1 is 1.33 bits per heavy atom. The number of nitrogens with zero attached hydrogens (tertiary/aromatic N) is 3. The number of amides is 2. The van der Waals surface area contributed by atoms with Gasteiger partial charge in [-0.2, -0.15) is 0 Å². The number of benzene rings is 1. The first kappa shape index (κ1) is 11.6. The van der Waals surface area contributed by atoms with Crippen molar-refractivity contribution in [3.63, 3.8) is 0 Å². The van der Waals surface area contributed by atoms with E-state index in [1.165, 1.54) is 18.2 Å². The molecular formula is C10H6N4O4. The maximum Gasteiger partial charge on any atom is 0.292 e. The van der Waals surface area contributed by atoms with Gasteiger partial charge in [-0.25, -0.2) is 0 Å². The Hall–Kier alpha value is -2.90. The van der Waals surface area contributed by atoms with E-state index in [9.17, 15) is 19.7 Å². The minimum absolute atomic E-state index is 0.0107. The molecule has 90 valence electrons. The van der Waals surface area contributed by atoms with Crippen LogP contribution in [-0.2, 0) is 4.79 Å². The quantitative estimate of drug-likeness (QED) is 0.636. The Morgan fingerprint density at radius 2 is 2.11 bits per heavy atom. The van der Waals surface area contributed by atoms with Crippen LogP contribution in [0.15, 0.2) is 46.4 Å². The van der Waals surface area contributed by atoms with Gasteiger partial charge in [0.2, 0.25) is 0 Å². The van der Waals surface area contributed by atoms with Crippen molar-refractivity contribution < 1.29 is 14.5 Å². The van der Waals surface area contributed by atoms with E-state index >= 15 is 0 Å². The number of hydrogen-bond acceptors (Lipinski definition) is 5. The molecule has 8 nitrogen and oxygen atoms in total. The molecule has 1 aliphatic rings. The van der Waals surface area contributed by atoms with Crippen LogP contribution in [0.4, 0.5) is 5.69 Å². The van der Waals surface area contributed by atoms with Crippen molar-refractivity contribution in [2.24, 2.45) is 10.2 Å². The normalized spacial score (nSPS) is 13.3. The summed E-state index contributed by atoms with van der Waals surface area (Å²) in [6, 6.07) is 5.21. The third kappa shape index (κ3) is 2.43. The van der Waals surface area contributed by atoms with E-state index in [1.807, 2.05) is 0 Å². The summed E-state index contributed by atoms with van der Waals surface area (Å²) in [5.41, 5.74) is -0.0968. The smallest absolute Gasteiger partial charge is 0.292 e. The van der Waals surface area contributed by atoms with Gasteiger partial charge in [-0.05, 0) is 6.07 Å². The molecule has 0 aromatic heterocycles. The monoisotopic (exact) mass is 246 g/mol. The highest BCUT2D eigenvalue weighted by atomic mass is 16.6. The minimum Gasteiger partial charge on any atom is -0.305 e. The van der Waals surface area contributed by atoms with Crippen LogP contribution >= 0.6 is 0 Å². The van der Waals surface area contributed by atoms with Crippen LogP contribution in [0.1, 0.15) is 10.4 Å². The molecule has 1 N–H and O–H groups in total. The van der Waals surface area contributed by atoms with E-state index in [0.29, 0.717) is 0 Å². The van der Waals surface area contributed by atoms with Gasteiger partial charge in [-0.3, -0.25) is 19.7 Å². The van der Waals surface area contributed by atoms with Gasteiger partial charge in [0.1, 0.15) is 0 Å². The van der Waals surface area contributed by atoms with Crippen molar-refractivity contribution in [2.45, 2.75) is 0 Å². The highest BCUT2D eigenvalue weighted by molar-refractivity contribution is 5.97. The summed E-state index contributed by atoms with van der Waals surface area (Å²) in [6.07, 6.45) is 1.05. The molecule has 1 aromatic carbocycles. The second kappa shape index (κ2) is 4.53. The molecule has 0 saturated carbocycles. The number of hydrogen-bond donors (Lipinski definition) is 1. The van der Waals surface area contributed by atoms with Crippen molar-refractivity contribution in [3.05, 3.63) is 51.8 Å². The highest BCUT2D eigenvalue weighted by Crippen LogP contribution is 2.13. The molecule has 1 heterocycles. The van der Waals surface area contributed by atoms with Gasteiger partial charge < -0.3 is 5.32 Å². The van der Waals surface area contributed by atoms with E-state index in [-0.39, 0.29) is 17.1 Å². The Kier molecular flexibility index (Phi) is 2.92. The first-order valence-electron chi connectivity index (χ1n) is 4.79. The van der Waals surface area contributed by atoms with Crippen LogP contribution in [0.3, 0.4) is 0 Å². The second-order valence-electron chi connectivity index (χ2n) is 3.33. The van der Waals surface area contributed by atoms with Gasteiger partial charge in [-0.1, -0.05) is 6.07 Å². The molecule has 0 aliphatic carbocycles. The molecule has 0 saturated heterocycles. The zero-order chi connectivity index (χ0) is 13.1. The summed E-state index contributed by atoms with van der Waals surface area (Å²) in [7, 11) is 0. The van der Waals surface area contributed by atoms with Crippen LogP contribution in [0, 0.1) is 10.1 Å². The molecule has 2 amide bonds. The lowest BCUT2D eigenvalue weighted by molar-refractivity contribution is -0.384. The molecule has 0 unspecified atom stereocenters. The third-order valence-corrected chi connectivity index (χ3v) is 2.08. The standard InChI is InChI=1S/C10H6N4O4/c15-9-5-8(12-13-9)11-10(16)6-2-1-3-7(4-6)14(17)18/h1-5H,(H,11,16). The van der Waals surface area contributed by atoms with E-state index < -0.39 is 16.7 Å². The van der Waals surface area contributed by atoms with Crippen molar-refractivity contribution in [1.29, 1.82) is 0 Å². The molecule has 0 spiro atoms. The zero-order valence-electron chi connectivity index (χ0n) is 8.86. The number of rotatable bonds is 3. The second-order valence-corrected chi connectivity index (χ2v) is 3.33. The molecule has 2 rings (SSSR count). The van der Waals surface area contributed by atoms with Gasteiger partial charge in [-0.15, -0.1) is 10.2 Å². The van der Waals surface area contributed by atoms with Crippen LogP contribution in [0.5, 0.6) is 0 Å². The fraction of sp³-hybridized carbons (Fsp3) is 0. The van der Waals surface area contributed by atoms with E-state index in [0.717, 1.165) is 12.1 Å². The summed E-state index contributed by atoms with van der Waals surface area (Å²) in [5.74, 6) is -1.15. The fourth-order valence-corrected chi connectivity index (χ4v) is 1.29. The number of non-ortho nitro benzene ring substituents is 1. The molecule has 8 heteroatoms. The molecule has 1 aromatic rings.